The molecule has 1 rings (SSSR count). The number of nitrogens with two attached hydrogens (primary N) is 1. The number of hydrazone groups is 1. The normalized spacial score (nSPS) is 11.8. The number of hydrogen-bond donors (Lipinski definition) is 3. The monoisotopic (exact) mass is 329 g/mol. The minimum absolute atomic E-state index is 0.0804. The topological polar surface area (TPSA) is 70.6 Å². The third-order valence-electron chi connectivity index (χ3n) is 2.29. The summed E-state index contributed by atoms with van der Waals surface area (Å²) in [6.07, 6.45) is 1.48. The van der Waals surface area contributed by atoms with Crippen LogP contribution in [0.4, 0.5) is 0 Å². The molecule has 0 amide bonds. The zero-order valence-electron chi connectivity index (χ0n) is 10.5. The van der Waals surface area contributed by atoms with E-state index in [1.807, 2.05) is 26.8 Å². The number of phenolic OH excluding ortho intramolecular Hbond substituents is 1. The van der Waals surface area contributed by atoms with E-state index in [2.05, 4.69) is 38.7 Å². The number of thiocarbonyl (C=S) groups is 1. The molecule has 4 nitrogen and oxygen atoms in total. The molecule has 18 heavy (non-hydrogen) atoms. The fraction of sp³-hybridized carbons (Fsp3) is 0.333. The minimum Gasteiger partial charge on any atom is -0.507 e. The van der Waals surface area contributed by atoms with Gasteiger partial charge in [-0.15, -0.1) is 0 Å². The Kier molecular flexibility index (Phi) is 4.70. The van der Waals surface area contributed by atoms with E-state index < -0.39 is 0 Å². The molecule has 0 bridgehead atoms. The van der Waals surface area contributed by atoms with Crippen molar-refractivity contribution in [3.63, 3.8) is 0 Å². The standard InChI is InChI=1S/C12H16BrN3OS/c1-12(2,3)9-5-8(13)4-7(10(9)17)6-15-16-11(14)18/h4-6,17H,1-3H3,(H3,14,16,18)/b15-6+. The van der Waals surface area contributed by atoms with Gasteiger partial charge in [0, 0.05) is 15.6 Å². The lowest BCUT2D eigenvalue weighted by molar-refractivity contribution is 0.445. The number of nitrogens with one attached hydrogen (secondary N) is 1. The predicted octanol–water partition coefficient (Wildman–Crippen LogP) is 2.62. The minimum atomic E-state index is -0.160. The smallest absolute Gasteiger partial charge is 0.184 e. The van der Waals surface area contributed by atoms with Crippen LogP contribution < -0.4 is 11.2 Å². The Balaban J connectivity index is 3.17. The van der Waals surface area contributed by atoms with Crippen molar-refractivity contribution in [3.8, 4) is 5.75 Å². The van der Waals surface area contributed by atoms with E-state index in [1.165, 1.54) is 6.21 Å². The van der Waals surface area contributed by atoms with Gasteiger partial charge >= 0.3 is 0 Å². The highest BCUT2D eigenvalue weighted by molar-refractivity contribution is 9.10. The first-order chi connectivity index (χ1) is 8.21. The SMILES string of the molecule is CC(C)(C)c1cc(Br)cc(/C=N/NC(N)=S)c1O. The van der Waals surface area contributed by atoms with Gasteiger partial charge in [-0.25, -0.2) is 0 Å². The van der Waals surface area contributed by atoms with E-state index in [0.717, 1.165) is 10.0 Å². The average molecular weight is 330 g/mol. The van der Waals surface area contributed by atoms with Crippen molar-refractivity contribution in [1.82, 2.24) is 5.43 Å². The van der Waals surface area contributed by atoms with Gasteiger partial charge in [0.1, 0.15) is 5.75 Å². The van der Waals surface area contributed by atoms with Gasteiger partial charge < -0.3 is 10.8 Å². The number of rotatable bonds is 2. The Bertz CT molecular complexity index is 495. The number of phenols is 1. The fourth-order valence-electron chi connectivity index (χ4n) is 1.46. The maximum Gasteiger partial charge on any atom is 0.184 e. The van der Waals surface area contributed by atoms with Crippen LogP contribution in [0.15, 0.2) is 21.7 Å². The maximum atomic E-state index is 10.2. The summed E-state index contributed by atoms with van der Waals surface area (Å²) in [7, 11) is 0. The van der Waals surface area contributed by atoms with Crippen molar-refractivity contribution in [2.45, 2.75) is 26.2 Å². The van der Waals surface area contributed by atoms with Gasteiger partial charge in [0.15, 0.2) is 5.11 Å². The van der Waals surface area contributed by atoms with E-state index in [-0.39, 0.29) is 16.3 Å². The molecule has 0 saturated heterocycles. The summed E-state index contributed by atoms with van der Waals surface area (Å²) in [4.78, 5) is 0. The summed E-state index contributed by atoms with van der Waals surface area (Å²) in [6.45, 7) is 6.09. The quantitative estimate of drug-likeness (QED) is 0.443. The summed E-state index contributed by atoms with van der Waals surface area (Å²) < 4.78 is 0.877. The lowest BCUT2D eigenvalue weighted by atomic mass is 9.85. The fourth-order valence-corrected chi connectivity index (χ4v) is 1.98. The summed E-state index contributed by atoms with van der Waals surface area (Å²) in [6, 6.07) is 3.67. The van der Waals surface area contributed by atoms with Crippen LogP contribution in [0.5, 0.6) is 5.75 Å². The van der Waals surface area contributed by atoms with Crippen molar-refractivity contribution in [1.29, 1.82) is 0 Å². The molecule has 4 N–H and O–H groups in total. The van der Waals surface area contributed by atoms with Crippen molar-refractivity contribution in [3.05, 3.63) is 27.7 Å². The molecule has 98 valence electrons. The number of halogens is 1. The molecule has 0 radical (unpaired) electrons. The summed E-state index contributed by atoms with van der Waals surface area (Å²) in [5.74, 6) is 0.208. The van der Waals surface area contributed by atoms with Crippen LogP contribution in [0.2, 0.25) is 0 Å². The number of aromatic hydroxyl groups is 1. The second kappa shape index (κ2) is 5.67. The Hall–Kier alpha value is -1.14. The highest BCUT2D eigenvalue weighted by Crippen LogP contribution is 2.35. The van der Waals surface area contributed by atoms with Crippen LogP contribution in [0.25, 0.3) is 0 Å². The number of benzene rings is 1. The molecule has 0 unspecified atom stereocenters. The molecular weight excluding hydrogens is 314 g/mol. The predicted molar refractivity (Wildman–Crippen MR) is 82.0 cm³/mol. The van der Waals surface area contributed by atoms with E-state index in [0.29, 0.717) is 5.56 Å². The second-order valence-electron chi connectivity index (χ2n) is 4.88. The largest absolute Gasteiger partial charge is 0.507 e. The lowest BCUT2D eigenvalue weighted by Crippen LogP contribution is -2.24. The summed E-state index contributed by atoms with van der Waals surface area (Å²) in [5, 5.41) is 14.1. The lowest BCUT2D eigenvalue weighted by Gasteiger charge is -2.21. The second-order valence-corrected chi connectivity index (χ2v) is 6.23. The molecule has 0 aromatic heterocycles. The van der Waals surface area contributed by atoms with Crippen LogP contribution in [-0.2, 0) is 5.41 Å². The molecule has 6 heteroatoms. The first-order valence-corrected chi connectivity index (χ1v) is 6.53. The van der Waals surface area contributed by atoms with E-state index in [4.69, 9.17) is 5.73 Å². The van der Waals surface area contributed by atoms with Gasteiger partial charge in [-0.2, -0.15) is 5.10 Å². The third-order valence-corrected chi connectivity index (χ3v) is 2.84. The molecular formula is C12H16BrN3OS. The van der Waals surface area contributed by atoms with Crippen LogP contribution in [0, 0.1) is 0 Å². The zero-order chi connectivity index (χ0) is 13.9. The number of nitrogens with zero attached hydrogens (tertiary/aromatic N) is 1. The van der Waals surface area contributed by atoms with Crippen LogP contribution in [0.3, 0.4) is 0 Å². The first-order valence-electron chi connectivity index (χ1n) is 5.33. The van der Waals surface area contributed by atoms with Crippen molar-refractivity contribution >= 4 is 39.5 Å². The van der Waals surface area contributed by atoms with Gasteiger partial charge in [0.05, 0.1) is 6.21 Å². The molecule has 0 aliphatic rings. The van der Waals surface area contributed by atoms with E-state index >= 15 is 0 Å². The molecule has 1 aromatic carbocycles. The van der Waals surface area contributed by atoms with E-state index in [9.17, 15) is 5.11 Å². The number of hydrogen-bond acceptors (Lipinski definition) is 3. The van der Waals surface area contributed by atoms with Gasteiger partial charge in [0.25, 0.3) is 0 Å². The summed E-state index contributed by atoms with van der Waals surface area (Å²) in [5.41, 5.74) is 8.99. The zero-order valence-corrected chi connectivity index (χ0v) is 12.9. The highest BCUT2D eigenvalue weighted by atomic mass is 79.9. The van der Waals surface area contributed by atoms with Crippen molar-refractivity contribution in [2.24, 2.45) is 10.8 Å². The Morgan fingerprint density at radius 3 is 2.61 bits per heavy atom. The van der Waals surface area contributed by atoms with Crippen molar-refractivity contribution < 1.29 is 5.11 Å². The molecule has 0 atom stereocenters. The van der Waals surface area contributed by atoms with Crippen molar-refractivity contribution in [2.75, 3.05) is 0 Å². The first kappa shape index (κ1) is 14.9. The Morgan fingerprint density at radius 1 is 1.50 bits per heavy atom. The van der Waals surface area contributed by atoms with Gasteiger partial charge in [-0.1, -0.05) is 36.7 Å². The maximum absolute atomic E-state index is 10.2. The molecule has 0 aliphatic heterocycles. The summed E-state index contributed by atoms with van der Waals surface area (Å²) >= 11 is 8.05. The molecule has 0 spiro atoms. The van der Waals surface area contributed by atoms with E-state index in [1.54, 1.807) is 6.07 Å². The van der Waals surface area contributed by atoms with Crippen LogP contribution in [0.1, 0.15) is 31.9 Å². The van der Waals surface area contributed by atoms with Crippen LogP contribution in [-0.4, -0.2) is 16.4 Å². The average Bonchev–Trinajstić information content (AvgIpc) is 2.20. The molecule has 0 fully saturated rings. The highest BCUT2D eigenvalue weighted by Gasteiger charge is 2.20. The Labute approximate surface area is 120 Å². The molecule has 0 saturated carbocycles. The Morgan fingerprint density at radius 2 is 2.11 bits per heavy atom. The van der Waals surface area contributed by atoms with Crippen LogP contribution >= 0.6 is 28.1 Å². The van der Waals surface area contributed by atoms with Gasteiger partial charge in [0.2, 0.25) is 0 Å². The molecule has 1 aromatic rings. The third kappa shape index (κ3) is 3.96. The van der Waals surface area contributed by atoms with Gasteiger partial charge in [-0.3, -0.25) is 5.43 Å². The molecule has 0 heterocycles. The van der Waals surface area contributed by atoms with Gasteiger partial charge in [-0.05, 0) is 29.8 Å². The molecule has 0 aliphatic carbocycles.